The van der Waals surface area contributed by atoms with Crippen molar-refractivity contribution in [3.63, 3.8) is 0 Å². The first-order chi connectivity index (χ1) is 7.33. The number of nitrogens with one attached hydrogen (secondary N) is 1. The lowest BCUT2D eigenvalue weighted by atomic mass is 10.2. The second-order valence-corrected chi connectivity index (χ2v) is 4.87. The Kier molecular flexibility index (Phi) is 7.01. The van der Waals surface area contributed by atoms with Gasteiger partial charge >= 0.3 is 0 Å². The molecule has 0 aliphatic carbocycles. The van der Waals surface area contributed by atoms with E-state index in [0.717, 1.165) is 25.9 Å². The Bertz CT molecular complexity index is 241. The molecular formula is C11H18ClNOS. The van der Waals surface area contributed by atoms with Crippen molar-refractivity contribution in [3.05, 3.63) is 22.4 Å². The highest BCUT2D eigenvalue weighted by atomic mass is 35.5. The van der Waals surface area contributed by atoms with Crippen LogP contribution in [-0.2, 0) is 11.2 Å². The van der Waals surface area contributed by atoms with E-state index in [2.05, 4.69) is 22.1 Å². The van der Waals surface area contributed by atoms with E-state index in [1.807, 2.05) is 0 Å². The van der Waals surface area contributed by atoms with Gasteiger partial charge in [0, 0.05) is 7.11 Å². The number of hydrogen-bond donors (Lipinski definition) is 1. The largest absolute Gasteiger partial charge is 0.383 e. The summed E-state index contributed by atoms with van der Waals surface area (Å²) in [6.45, 7) is 2.61. The smallest absolute Gasteiger partial charge is 0.0626 e. The van der Waals surface area contributed by atoms with Crippen LogP contribution in [-0.4, -0.2) is 32.2 Å². The lowest BCUT2D eigenvalue weighted by molar-refractivity contribution is 0.195. The third kappa shape index (κ3) is 6.15. The molecule has 4 heteroatoms. The summed E-state index contributed by atoms with van der Waals surface area (Å²) < 4.78 is 4.96. The van der Waals surface area contributed by atoms with Crippen LogP contribution in [0.25, 0.3) is 0 Å². The fourth-order valence-corrected chi connectivity index (χ4v) is 2.25. The summed E-state index contributed by atoms with van der Waals surface area (Å²) in [5.41, 5.74) is 1.41. The summed E-state index contributed by atoms with van der Waals surface area (Å²) in [7, 11) is 1.68. The molecule has 1 aromatic heterocycles. The molecule has 1 aromatic rings. The summed E-state index contributed by atoms with van der Waals surface area (Å²) in [5, 5.41) is 7.81. The highest BCUT2D eigenvalue weighted by molar-refractivity contribution is 7.07. The molecule has 1 heterocycles. The molecule has 2 nitrogen and oxygen atoms in total. The molecule has 0 aromatic carbocycles. The lowest BCUT2D eigenvalue weighted by Gasteiger charge is -2.08. The number of hydrogen-bond acceptors (Lipinski definition) is 3. The van der Waals surface area contributed by atoms with Gasteiger partial charge in [0.1, 0.15) is 0 Å². The van der Waals surface area contributed by atoms with Gasteiger partial charge in [0.15, 0.2) is 0 Å². The molecule has 0 fully saturated rings. The molecule has 0 saturated heterocycles. The van der Waals surface area contributed by atoms with E-state index in [4.69, 9.17) is 16.3 Å². The van der Waals surface area contributed by atoms with Crippen LogP contribution < -0.4 is 5.32 Å². The van der Waals surface area contributed by atoms with E-state index in [1.54, 1.807) is 18.4 Å². The highest BCUT2D eigenvalue weighted by Crippen LogP contribution is 2.05. The first-order valence-corrected chi connectivity index (χ1v) is 6.55. The fraction of sp³-hybridized carbons (Fsp3) is 0.636. The summed E-state index contributed by atoms with van der Waals surface area (Å²) >= 11 is 7.75. The first-order valence-electron chi connectivity index (χ1n) is 5.17. The number of thiophene rings is 1. The molecule has 15 heavy (non-hydrogen) atoms. The van der Waals surface area contributed by atoms with Crippen LogP contribution in [0.1, 0.15) is 12.0 Å². The number of halogens is 1. The molecule has 1 unspecified atom stereocenters. The maximum atomic E-state index is 6.00. The van der Waals surface area contributed by atoms with Crippen molar-refractivity contribution < 1.29 is 4.74 Å². The second kappa shape index (κ2) is 8.11. The van der Waals surface area contributed by atoms with Gasteiger partial charge in [-0.05, 0) is 48.3 Å². The molecule has 0 saturated carbocycles. The Morgan fingerprint density at radius 3 is 3.07 bits per heavy atom. The molecule has 1 atom stereocenters. The Balaban J connectivity index is 1.93. The summed E-state index contributed by atoms with van der Waals surface area (Å²) in [6, 6.07) is 2.17. The Hall–Kier alpha value is -0.0900. The highest BCUT2D eigenvalue weighted by Gasteiger charge is 2.02. The molecule has 0 aliphatic heterocycles. The minimum Gasteiger partial charge on any atom is -0.383 e. The monoisotopic (exact) mass is 247 g/mol. The van der Waals surface area contributed by atoms with Gasteiger partial charge in [0.25, 0.3) is 0 Å². The standard InChI is InChI=1S/C11H18ClNOS/c1-14-8-11(12)3-6-13-5-2-10-4-7-15-9-10/h4,7,9,11,13H,2-3,5-6,8H2,1H3. The predicted octanol–water partition coefficient (Wildman–Crippen LogP) is 2.52. The average molecular weight is 248 g/mol. The van der Waals surface area contributed by atoms with E-state index in [9.17, 15) is 0 Å². The summed E-state index contributed by atoms with van der Waals surface area (Å²) in [6.07, 6.45) is 2.06. The number of methoxy groups -OCH3 is 1. The van der Waals surface area contributed by atoms with E-state index < -0.39 is 0 Å². The van der Waals surface area contributed by atoms with Crippen LogP contribution in [0, 0.1) is 0 Å². The molecule has 0 spiro atoms. The van der Waals surface area contributed by atoms with E-state index in [1.165, 1.54) is 5.56 Å². The van der Waals surface area contributed by atoms with Gasteiger partial charge in [-0.3, -0.25) is 0 Å². The van der Waals surface area contributed by atoms with Crippen molar-refractivity contribution in [2.45, 2.75) is 18.2 Å². The van der Waals surface area contributed by atoms with Gasteiger partial charge in [-0.15, -0.1) is 11.6 Å². The van der Waals surface area contributed by atoms with Crippen molar-refractivity contribution in [1.82, 2.24) is 5.32 Å². The van der Waals surface area contributed by atoms with Gasteiger partial charge in [-0.1, -0.05) is 0 Å². The van der Waals surface area contributed by atoms with Crippen molar-refractivity contribution >= 4 is 22.9 Å². The number of rotatable bonds is 8. The minimum absolute atomic E-state index is 0.128. The zero-order valence-corrected chi connectivity index (χ0v) is 10.6. The van der Waals surface area contributed by atoms with Crippen molar-refractivity contribution in [2.75, 3.05) is 26.8 Å². The fourth-order valence-electron chi connectivity index (χ4n) is 1.32. The van der Waals surface area contributed by atoms with Gasteiger partial charge in [-0.25, -0.2) is 0 Å². The van der Waals surface area contributed by atoms with Crippen LogP contribution in [0.5, 0.6) is 0 Å². The zero-order valence-electron chi connectivity index (χ0n) is 9.04. The topological polar surface area (TPSA) is 21.3 Å². The maximum Gasteiger partial charge on any atom is 0.0626 e. The number of ether oxygens (including phenoxy) is 1. The molecular weight excluding hydrogens is 230 g/mol. The van der Waals surface area contributed by atoms with Gasteiger partial charge < -0.3 is 10.1 Å². The lowest BCUT2D eigenvalue weighted by Crippen LogP contribution is -2.22. The van der Waals surface area contributed by atoms with E-state index in [0.29, 0.717) is 6.61 Å². The molecule has 0 aliphatic rings. The van der Waals surface area contributed by atoms with Gasteiger partial charge in [0.2, 0.25) is 0 Å². The maximum absolute atomic E-state index is 6.00. The molecule has 0 radical (unpaired) electrons. The SMILES string of the molecule is COCC(Cl)CCNCCc1ccsc1. The van der Waals surface area contributed by atoms with Crippen molar-refractivity contribution in [3.8, 4) is 0 Å². The van der Waals surface area contributed by atoms with E-state index >= 15 is 0 Å². The third-order valence-electron chi connectivity index (χ3n) is 2.15. The Morgan fingerprint density at radius 2 is 2.40 bits per heavy atom. The minimum atomic E-state index is 0.128. The van der Waals surface area contributed by atoms with E-state index in [-0.39, 0.29) is 5.38 Å². The summed E-state index contributed by atoms with van der Waals surface area (Å²) in [5.74, 6) is 0. The quantitative estimate of drug-likeness (QED) is 0.563. The van der Waals surface area contributed by atoms with Crippen molar-refractivity contribution in [2.24, 2.45) is 0 Å². The molecule has 1 rings (SSSR count). The molecule has 0 bridgehead atoms. The molecule has 86 valence electrons. The normalized spacial score (nSPS) is 12.9. The van der Waals surface area contributed by atoms with Gasteiger partial charge in [-0.2, -0.15) is 11.3 Å². The van der Waals surface area contributed by atoms with Crippen LogP contribution in [0.15, 0.2) is 16.8 Å². The second-order valence-electron chi connectivity index (χ2n) is 3.47. The van der Waals surface area contributed by atoms with Crippen LogP contribution in [0.2, 0.25) is 0 Å². The van der Waals surface area contributed by atoms with Crippen LogP contribution >= 0.6 is 22.9 Å². The molecule has 0 amide bonds. The predicted molar refractivity (Wildman–Crippen MR) is 67.0 cm³/mol. The summed E-state index contributed by atoms with van der Waals surface area (Å²) in [4.78, 5) is 0. The third-order valence-corrected chi connectivity index (χ3v) is 3.23. The van der Waals surface area contributed by atoms with Crippen LogP contribution in [0.3, 0.4) is 0 Å². The average Bonchev–Trinajstić information content (AvgIpc) is 2.70. The first kappa shape index (κ1) is 13.0. The van der Waals surface area contributed by atoms with Gasteiger partial charge in [0.05, 0.1) is 12.0 Å². The Morgan fingerprint density at radius 1 is 1.53 bits per heavy atom. The van der Waals surface area contributed by atoms with Crippen LogP contribution in [0.4, 0.5) is 0 Å². The van der Waals surface area contributed by atoms with Crippen molar-refractivity contribution in [1.29, 1.82) is 0 Å². The zero-order chi connectivity index (χ0) is 10.9. The Labute approximate surface area is 101 Å². The number of alkyl halides is 1. The molecule has 1 N–H and O–H groups in total.